The second-order valence-corrected chi connectivity index (χ2v) is 10.8. The van der Waals surface area contributed by atoms with Crippen molar-refractivity contribution in [2.24, 2.45) is 0 Å². The van der Waals surface area contributed by atoms with E-state index >= 15 is 0 Å². The monoisotopic (exact) mass is 497 g/mol. The van der Waals surface area contributed by atoms with Gasteiger partial charge in [-0.25, -0.2) is 13.4 Å². The summed E-state index contributed by atoms with van der Waals surface area (Å²) in [6.07, 6.45) is 1.72. The maximum atomic E-state index is 12.8. The molecular formula is C18H16BrN3O3S3. The lowest BCUT2D eigenvalue weighted by Crippen LogP contribution is -2.28. The highest BCUT2D eigenvalue weighted by Crippen LogP contribution is 2.30. The molecule has 146 valence electrons. The van der Waals surface area contributed by atoms with E-state index in [2.05, 4.69) is 26.2 Å². The largest absolute Gasteiger partial charge is 0.298 e. The maximum Gasteiger partial charge on any atom is 0.258 e. The van der Waals surface area contributed by atoms with Crippen molar-refractivity contribution in [2.75, 3.05) is 18.4 Å². The van der Waals surface area contributed by atoms with Crippen molar-refractivity contribution in [1.82, 2.24) is 9.29 Å². The Labute approximate surface area is 179 Å². The zero-order chi connectivity index (χ0) is 19.7. The summed E-state index contributed by atoms with van der Waals surface area (Å²) in [4.78, 5) is 18.3. The third-order valence-electron chi connectivity index (χ3n) is 4.38. The predicted molar refractivity (Wildman–Crippen MR) is 116 cm³/mol. The highest BCUT2D eigenvalue weighted by atomic mass is 79.9. The van der Waals surface area contributed by atoms with Gasteiger partial charge in [0.15, 0.2) is 5.13 Å². The first-order chi connectivity index (χ1) is 13.4. The Kier molecular flexibility index (Phi) is 5.66. The smallest absolute Gasteiger partial charge is 0.258 e. The SMILES string of the molecule is O=C(Nc1nc(-c2cccs2)cs1)c1cc(S(=O)(=O)N2CCCC2)ccc1Br. The first kappa shape index (κ1) is 19.7. The number of nitrogens with one attached hydrogen (secondary N) is 1. The lowest BCUT2D eigenvalue weighted by Gasteiger charge is -2.16. The highest BCUT2D eigenvalue weighted by molar-refractivity contribution is 9.10. The summed E-state index contributed by atoms with van der Waals surface area (Å²) in [6.45, 7) is 1.04. The summed E-state index contributed by atoms with van der Waals surface area (Å²) >= 11 is 6.25. The summed E-state index contributed by atoms with van der Waals surface area (Å²) < 4.78 is 27.6. The van der Waals surface area contributed by atoms with E-state index < -0.39 is 15.9 Å². The number of rotatable bonds is 5. The van der Waals surface area contributed by atoms with Gasteiger partial charge in [-0.05, 0) is 58.4 Å². The van der Waals surface area contributed by atoms with Crippen LogP contribution in [-0.2, 0) is 10.0 Å². The number of nitrogens with zero attached hydrogens (tertiary/aromatic N) is 2. The normalized spacial score (nSPS) is 15.0. The first-order valence-electron chi connectivity index (χ1n) is 8.55. The molecule has 3 heterocycles. The molecule has 0 bridgehead atoms. The van der Waals surface area contributed by atoms with E-state index in [1.807, 2.05) is 22.9 Å². The van der Waals surface area contributed by atoms with Crippen LogP contribution in [0.2, 0.25) is 0 Å². The summed E-state index contributed by atoms with van der Waals surface area (Å²) in [7, 11) is -3.59. The number of halogens is 1. The van der Waals surface area contributed by atoms with Crippen LogP contribution < -0.4 is 5.32 Å². The van der Waals surface area contributed by atoms with Gasteiger partial charge in [0, 0.05) is 22.9 Å². The molecule has 10 heteroatoms. The van der Waals surface area contributed by atoms with Gasteiger partial charge in [0.25, 0.3) is 5.91 Å². The number of amides is 1. The topological polar surface area (TPSA) is 79.4 Å². The fourth-order valence-corrected chi connectivity index (χ4v) is 6.39. The summed E-state index contributed by atoms with van der Waals surface area (Å²) in [5, 5.41) is 7.08. The van der Waals surface area contributed by atoms with E-state index in [4.69, 9.17) is 0 Å². The number of hydrogen-bond acceptors (Lipinski definition) is 6. The second-order valence-electron chi connectivity index (χ2n) is 6.22. The van der Waals surface area contributed by atoms with Crippen LogP contribution in [0.4, 0.5) is 5.13 Å². The molecule has 1 aromatic carbocycles. The van der Waals surface area contributed by atoms with Crippen molar-refractivity contribution >= 4 is 59.7 Å². The van der Waals surface area contributed by atoms with E-state index in [1.54, 1.807) is 17.4 Å². The van der Waals surface area contributed by atoms with Gasteiger partial charge in [-0.3, -0.25) is 10.1 Å². The van der Waals surface area contributed by atoms with Crippen molar-refractivity contribution in [2.45, 2.75) is 17.7 Å². The van der Waals surface area contributed by atoms with Crippen LogP contribution in [0.15, 0.2) is 50.5 Å². The zero-order valence-corrected chi connectivity index (χ0v) is 18.6. The lowest BCUT2D eigenvalue weighted by molar-refractivity contribution is 0.102. The van der Waals surface area contributed by atoms with Gasteiger partial charge in [-0.15, -0.1) is 22.7 Å². The number of thiazole rings is 1. The molecule has 1 aliphatic rings. The van der Waals surface area contributed by atoms with Gasteiger partial charge in [0.05, 0.1) is 21.0 Å². The second kappa shape index (κ2) is 8.03. The molecule has 1 N–H and O–H groups in total. The van der Waals surface area contributed by atoms with Crippen molar-refractivity contribution < 1.29 is 13.2 Å². The third-order valence-corrected chi connectivity index (χ3v) is 8.62. The molecule has 4 rings (SSSR count). The number of hydrogen-bond donors (Lipinski definition) is 1. The Balaban J connectivity index is 1.57. The van der Waals surface area contributed by atoms with E-state index in [9.17, 15) is 13.2 Å². The molecule has 0 radical (unpaired) electrons. The molecule has 0 atom stereocenters. The highest BCUT2D eigenvalue weighted by Gasteiger charge is 2.28. The number of carbonyl (C=O) groups is 1. The molecule has 3 aromatic rings. The van der Waals surface area contributed by atoms with E-state index in [0.717, 1.165) is 23.4 Å². The predicted octanol–water partition coefficient (Wildman–Crippen LogP) is 4.67. The Hall–Kier alpha value is -1.59. The Morgan fingerprint density at radius 1 is 1.18 bits per heavy atom. The van der Waals surface area contributed by atoms with Crippen LogP contribution >= 0.6 is 38.6 Å². The Morgan fingerprint density at radius 3 is 2.68 bits per heavy atom. The number of sulfonamides is 1. The van der Waals surface area contributed by atoms with E-state index in [-0.39, 0.29) is 10.5 Å². The number of benzene rings is 1. The summed E-state index contributed by atoms with van der Waals surface area (Å²) in [6, 6.07) is 8.44. The number of carbonyl (C=O) groups excluding carboxylic acids is 1. The van der Waals surface area contributed by atoms with Gasteiger partial charge in [-0.1, -0.05) is 6.07 Å². The molecule has 2 aromatic heterocycles. The van der Waals surface area contributed by atoms with Crippen molar-refractivity contribution in [3.63, 3.8) is 0 Å². The molecule has 1 aliphatic heterocycles. The molecular weight excluding hydrogens is 482 g/mol. The average molecular weight is 498 g/mol. The molecule has 1 fully saturated rings. The first-order valence-corrected chi connectivity index (χ1v) is 12.5. The maximum absolute atomic E-state index is 12.8. The third kappa shape index (κ3) is 3.92. The van der Waals surface area contributed by atoms with Gasteiger partial charge in [0.2, 0.25) is 10.0 Å². The molecule has 1 amide bonds. The summed E-state index contributed by atoms with van der Waals surface area (Å²) in [5.41, 5.74) is 1.06. The van der Waals surface area contributed by atoms with Crippen LogP contribution in [-0.4, -0.2) is 36.7 Å². The van der Waals surface area contributed by atoms with Crippen molar-refractivity contribution in [3.05, 3.63) is 51.1 Å². The van der Waals surface area contributed by atoms with Gasteiger partial charge < -0.3 is 0 Å². The molecule has 28 heavy (non-hydrogen) atoms. The quantitative estimate of drug-likeness (QED) is 0.555. The van der Waals surface area contributed by atoms with Crippen molar-refractivity contribution in [3.8, 4) is 10.6 Å². The number of anilines is 1. The standard InChI is InChI=1S/C18H16BrN3O3S3/c19-14-6-5-12(28(24,25)22-7-1-2-8-22)10-13(14)17(23)21-18-20-15(11-27-18)16-4-3-9-26-16/h3-6,9-11H,1-2,7-8H2,(H,20,21,23). The van der Waals surface area contributed by atoms with Crippen LogP contribution in [0, 0.1) is 0 Å². The molecule has 0 unspecified atom stereocenters. The fraction of sp³-hybridized carbons (Fsp3) is 0.222. The number of thiophene rings is 1. The zero-order valence-electron chi connectivity index (χ0n) is 14.6. The summed E-state index contributed by atoms with van der Waals surface area (Å²) in [5.74, 6) is -0.405. The Bertz CT molecular complexity index is 1100. The minimum atomic E-state index is -3.59. The molecule has 6 nitrogen and oxygen atoms in total. The number of aromatic nitrogens is 1. The van der Waals surface area contributed by atoms with Crippen LogP contribution in [0.3, 0.4) is 0 Å². The molecule has 0 saturated carbocycles. The van der Waals surface area contributed by atoms with Crippen molar-refractivity contribution in [1.29, 1.82) is 0 Å². The van der Waals surface area contributed by atoms with E-state index in [0.29, 0.717) is 22.7 Å². The van der Waals surface area contributed by atoms with Gasteiger partial charge in [-0.2, -0.15) is 4.31 Å². The minimum Gasteiger partial charge on any atom is -0.298 e. The molecule has 0 aliphatic carbocycles. The van der Waals surface area contributed by atoms with Gasteiger partial charge in [0.1, 0.15) is 0 Å². The van der Waals surface area contributed by atoms with Crippen LogP contribution in [0.1, 0.15) is 23.2 Å². The van der Waals surface area contributed by atoms with Crippen LogP contribution in [0.5, 0.6) is 0 Å². The minimum absolute atomic E-state index is 0.126. The molecule has 0 spiro atoms. The fourth-order valence-electron chi connectivity index (χ4n) is 2.95. The molecule has 1 saturated heterocycles. The Morgan fingerprint density at radius 2 is 1.96 bits per heavy atom. The average Bonchev–Trinajstić information content (AvgIpc) is 3.43. The lowest BCUT2D eigenvalue weighted by atomic mass is 10.2. The van der Waals surface area contributed by atoms with Gasteiger partial charge >= 0.3 is 0 Å². The van der Waals surface area contributed by atoms with Crippen LogP contribution in [0.25, 0.3) is 10.6 Å². The van der Waals surface area contributed by atoms with E-state index in [1.165, 1.54) is 27.8 Å².